The lowest BCUT2D eigenvalue weighted by Gasteiger charge is -2.22. The maximum absolute atomic E-state index is 5.74. The third-order valence-corrected chi connectivity index (χ3v) is 2.89. The molecule has 2 rings (SSSR count). The summed E-state index contributed by atoms with van der Waals surface area (Å²) in [6.07, 6.45) is 4.68. The molecule has 0 radical (unpaired) electrons. The SMILES string of the molecule is CC1(CN)CCN(c2ncccn2)C1. The molecule has 1 atom stereocenters. The van der Waals surface area contributed by atoms with Crippen LogP contribution >= 0.6 is 0 Å². The van der Waals surface area contributed by atoms with Gasteiger partial charge in [-0.25, -0.2) is 9.97 Å². The molecular formula is C10H16N4. The van der Waals surface area contributed by atoms with Gasteiger partial charge in [-0.1, -0.05) is 6.92 Å². The Labute approximate surface area is 84.2 Å². The Morgan fingerprint density at radius 1 is 1.50 bits per heavy atom. The van der Waals surface area contributed by atoms with Gasteiger partial charge < -0.3 is 10.6 Å². The molecule has 0 spiro atoms. The molecule has 0 saturated carbocycles. The molecule has 1 saturated heterocycles. The van der Waals surface area contributed by atoms with Crippen molar-refractivity contribution in [2.75, 3.05) is 24.5 Å². The number of anilines is 1. The highest BCUT2D eigenvalue weighted by atomic mass is 15.3. The van der Waals surface area contributed by atoms with Gasteiger partial charge in [0.15, 0.2) is 0 Å². The van der Waals surface area contributed by atoms with Crippen molar-refractivity contribution in [3.05, 3.63) is 18.5 Å². The van der Waals surface area contributed by atoms with Crippen LogP contribution in [0.15, 0.2) is 18.5 Å². The summed E-state index contributed by atoms with van der Waals surface area (Å²) in [7, 11) is 0. The molecule has 2 heterocycles. The van der Waals surface area contributed by atoms with Gasteiger partial charge in [0.2, 0.25) is 5.95 Å². The molecule has 2 N–H and O–H groups in total. The Balaban J connectivity index is 2.10. The van der Waals surface area contributed by atoms with Crippen molar-refractivity contribution in [1.29, 1.82) is 0 Å². The quantitative estimate of drug-likeness (QED) is 0.747. The molecule has 0 aliphatic carbocycles. The number of hydrogen-bond donors (Lipinski definition) is 1. The minimum absolute atomic E-state index is 0.235. The number of aromatic nitrogens is 2. The van der Waals surface area contributed by atoms with E-state index in [2.05, 4.69) is 21.8 Å². The highest BCUT2D eigenvalue weighted by molar-refractivity contribution is 5.31. The molecule has 1 aliphatic rings. The summed E-state index contributed by atoms with van der Waals surface area (Å²) in [5, 5.41) is 0. The molecular weight excluding hydrogens is 176 g/mol. The van der Waals surface area contributed by atoms with E-state index in [9.17, 15) is 0 Å². The van der Waals surface area contributed by atoms with Crippen molar-refractivity contribution in [2.24, 2.45) is 11.1 Å². The highest BCUT2D eigenvalue weighted by Crippen LogP contribution is 2.30. The first-order valence-corrected chi connectivity index (χ1v) is 4.96. The van der Waals surface area contributed by atoms with Gasteiger partial charge in [-0.05, 0) is 24.4 Å². The Morgan fingerprint density at radius 2 is 2.21 bits per heavy atom. The van der Waals surface area contributed by atoms with Crippen molar-refractivity contribution in [3.63, 3.8) is 0 Å². The third-order valence-electron chi connectivity index (χ3n) is 2.89. The van der Waals surface area contributed by atoms with E-state index >= 15 is 0 Å². The first kappa shape index (κ1) is 9.40. The Kier molecular flexibility index (Phi) is 2.37. The zero-order valence-corrected chi connectivity index (χ0v) is 8.48. The van der Waals surface area contributed by atoms with E-state index in [0.29, 0.717) is 0 Å². The molecule has 4 nitrogen and oxygen atoms in total. The van der Waals surface area contributed by atoms with Gasteiger partial charge in [0.05, 0.1) is 0 Å². The minimum atomic E-state index is 0.235. The maximum atomic E-state index is 5.74. The Hall–Kier alpha value is -1.16. The number of rotatable bonds is 2. The summed E-state index contributed by atoms with van der Waals surface area (Å²) < 4.78 is 0. The molecule has 14 heavy (non-hydrogen) atoms. The van der Waals surface area contributed by atoms with Gasteiger partial charge in [-0.3, -0.25) is 0 Å². The molecule has 1 aromatic rings. The van der Waals surface area contributed by atoms with Crippen LogP contribution in [0.2, 0.25) is 0 Å². The van der Waals surface area contributed by atoms with Gasteiger partial charge in [0, 0.05) is 25.5 Å². The molecule has 0 amide bonds. The fourth-order valence-corrected chi connectivity index (χ4v) is 1.82. The fraction of sp³-hybridized carbons (Fsp3) is 0.600. The second-order valence-electron chi connectivity index (χ2n) is 4.24. The van der Waals surface area contributed by atoms with Crippen molar-refractivity contribution >= 4 is 5.95 Å². The molecule has 0 bridgehead atoms. The topological polar surface area (TPSA) is 55.0 Å². The van der Waals surface area contributed by atoms with Crippen LogP contribution in [0.25, 0.3) is 0 Å². The molecule has 76 valence electrons. The molecule has 4 heteroatoms. The molecule has 0 aromatic carbocycles. The average Bonchev–Trinajstić information content (AvgIpc) is 2.63. The summed E-state index contributed by atoms with van der Waals surface area (Å²) in [5.74, 6) is 0.824. The standard InChI is InChI=1S/C10H16N4/c1-10(7-11)3-6-14(8-10)9-12-4-2-5-13-9/h2,4-5H,3,6-8,11H2,1H3. The number of nitrogens with zero attached hydrogens (tertiary/aromatic N) is 3. The van der Waals surface area contributed by atoms with Crippen LogP contribution in [0.5, 0.6) is 0 Å². The predicted octanol–water partition coefficient (Wildman–Crippen LogP) is 0.652. The molecule has 1 unspecified atom stereocenters. The third kappa shape index (κ3) is 1.70. The lowest BCUT2D eigenvalue weighted by Crippen LogP contribution is -2.31. The zero-order chi connectivity index (χ0) is 10.0. The van der Waals surface area contributed by atoms with Crippen molar-refractivity contribution in [2.45, 2.75) is 13.3 Å². The minimum Gasteiger partial charge on any atom is -0.340 e. The van der Waals surface area contributed by atoms with Crippen LogP contribution in [-0.4, -0.2) is 29.6 Å². The van der Waals surface area contributed by atoms with Gasteiger partial charge in [0.25, 0.3) is 0 Å². The normalized spacial score (nSPS) is 26.9. The summed E-state index contributed by atoms with van der Waals surface area (Å²) in [6, 6.07) is 1.84. The Bertz CT molecular complexity index is 300. The van der Waals surface area contributed by atoms with Crippen molar-refractivity contribution < 1.29 is 0 Å². The summed E-state index contributed by atoms with van der Waals surface area (Å²) in [5.41, 5.74) is 5.98. The van der Waals surface area contributed by atoms with Crippen LogP contribution < -0.4 is 10.6 Å². The monoisotopic (exact) mass is 192 g/mol. The first-order chi connectivity index (χ1) is 6.73. The van der Waals surface area contributed by atoms with Crippen LogP contribution in [0, 0.1) is 5.41 Å². The summed E-state index contributed by atoms with van der Waals surface area (Å²) in [4.78, 5) is 10.7. The second-order valence-corrected chi connectivity index (χ2v) is 4.24. The number of hydrogen-bond acceptors (Lipinski definition) is 4. The van der Waals surface area contributed by atoms with Gasteiger partial charge in [0.1, 0.15) is 0 Å². The molecule has 1 aromatic heterocycles. The Morgan fingerprint density at radius 3 is 2.79 bits per heavy atom. The number of nitrogens with two attached hydrogens (primary N) is 1. The van der Waals surface area contributed by atoms with E-state index in [-0.39, 0.29) is 5.41 Å². The largest absolute Gasteiger partial charge is 0.340 e. The second kappa shape index (κ2) is 3.53. The van der Waals surface area contributed by atoms with Gasteiger partial charge in [-0.2, -0.15) is 0 Å². The zero-order valence-electron chi connectivity index (χ0n) is 8.48. The van der Waals surface area contributed by atoms with E-state index in [4.69, 9.17) is 5.73 Å². The predicted molar refractivity (Wildman–Crippen MR) is 56.0 cm³/mol. The van der Waals surface area contributed by atoms with Crippen LogP contribution in [-0.2, 0) is 0 Å². The molecule has 1 aliphatic heterocycles. The summed E-state index contributed by atoms with van der Waals surface area (Å²) >= 11 is 0. The first-order valence-electron chi connectivity index (χ1n) is 4.96. The lowest BCUT2D eigenvalue weighted by atomic mass is 9.90. The molecule has 1 fully saturated rings. The highest BCUT2D eigenvalue weighted by Gasteiger charge is 2.33. The average molecular weight is 192 g/mol. The van der Waals surface area contributed by atoms with E-state index in [1.807, 2.05) is 6.07 Å². The van der Waals surface area contributed by atoms with Crippen LogP contribution in [0.4, 0.5) is 5.95 Å². The van der Waals surface area contributed by atoms with Gasteiger partial charge in [-0.15, -0.1) is 0 Å². The maximum Gasteiger partial charge on any atom is 0.225 e. The fourth-order valence-electron chi connectivity index (χ4n) is 1.82. The smallest absolute Gasteiger partial charge is 0.225 e. The van der Waals surface area contributed by atoms with Crippen molar-refractivity contribution in [1.82, 2.24) is 9.97 Å². The summed E-state index contributed by atoms with van der Waals surface area (Å²) in [6.45, 7) is 4.93. The van der Waals surface area contributed by atoms with Crippen LogP contribution in [0.3, 0.4) is 0 Å². The van der Waals surface area contributed by atoms with E-state index in [1.54, 1.807) is 12.4 Å². The van der Waals surface area contributed by atoms with E-state index < -0.39 is 0 Å². The van der Waals surface area contributed by atoms with E-state index in [1.165, 1.54) is 0 Å². The van der Waals surface area contributed by atoms with E-state index in [0.717, 1.165) is 32.0 Å². The lowest BCUT2D eigenvalue weighted by molar-refractivity contribution is 0.383. The van der Waals surface area contributed by atoms with Crippen molar-refractivity contribution in [3.8, 4) is 0 Å². The van der Waals surface area contributed by atoms with Crippen LogP contribution in [0.1, 0.15) is 13.3 Å². The van der Waals surface area contributed by atoms with Gasteiger partial charge >= 0.3 is 0 Å².